The van der Waals surface area contributed by atoms with Gasteiger partial charge < -0.3 is 5.32 Å². The minimum Gasteiger partial charge on any atom is -0.309 e. The highest BCUT2D eigenvalue weighted by molar-refractivity contribution is 9.10. The first kappa shape index (κ1) is 14.6. The SMILES string of the molecule is Fc1ccc(Br)c(CNCc2cccc(F)c2Br)c1. The number of hydrogen-bond acceptors (Lipinski definition) is 1. The maximum Gasteiger partial charge on any atom is 0.137 e. The summed E-state index contributed by atoms with van der Waals surface area (Å²) in [6.45, 7) is 1.00. The summed E-state index contributed by atoms with van der Waals surface area (Å²) in [6.07, 6.45) is 0. The van der Waals surface area contributed by atoms with Crippen molar-refractivity contribution in [2.45, 2.75) is 13.1 Å². The molecule has 0 aromatic heterocycles. The molecule has 0 spiro atoms. The quantitative estimate of drug-likeness (QED) is 0.792. The van der Waals surface area contributed by atoms with Crippen molar-refractivity contribution in [1.82, 2.24) is 5.32 Å². The fraction of sp³-hybridized carbons (Fsp3) is 0.143. The lowest BCUT2D eigenvalue weighted by Crippen LogP contribution is -2.13. The number of nitrogens with one attached hydrogen (secondary N) is 1. The van der Waals surface area contributed by atoms with Gasteiger partial charge in [0.05, 0.1) is 4.47 Å². The summed E-state index contributed by atoms with van der Waals surface area (Å²) in [5.41, 5.74) is 1.65. The van der Waals surface area contributed by atoms with Crippen LogP contribution in [0.5, 0.6) is 0 Å². The van der Waals surface area contributed by atoms with Crippen LogP contribution in [-0.2, 0) is 13.1 Å². The first-order chi connectivity index (χ1) is 9.08. The number of hydrogen-bond donors (Lipinski definition) is 1. The molecule has 1 nitrogen and oxygen atoms in total. The topological polar surface area (TPSA) is 12.0 Å². The monoisotopic (exact) mass is 389 g/mol. The van der Waals surface area contributed by atoms with Crippen molar-refractivity contribution in [3.63, 3.8) is 0 Å². The number of rotatable bonds is 4. The molecule has 19 heavy (non-hydrogen) atoms. The van der Waals surface area contributed by atoms with E-state index in [0.29, 0.717) is 17.6 Å². The van der Waals surface area contributed by atoms with Crippen LogP contribution in [0.1, 0.15) is 11.1 Å². The Bertz CT molecular complexity index is 586. The molecule has 100 valence electrons. The van der Waals surface area contributed by atoms with Gasteiger partial charge in [-0.2, -0.15) is 0 Å². The average molecular weight is 391 g/mol. The third kappa shape index (κ3) is 3.84. The van der Waals surface area contributed by atoms with Gasteiger partial charge in [0.1, 0.15) is 11.6 Å². The largest absolute Gasteiger partial charge is 0.309 e. The molecule has 0 atom stereocenters. The minimum atomic E-state index is -0.286. The van der Waals surface area contributed by atoms with Crippen molar-refractivity contribution in [2.24, 2.45) is 0 Å². The summed E-state index contributed by atoms with van der Waals surface area (Å²) in [5.74, 6) is -0.557. The molecule has 2 rings (SSSR count). The van der Waals surface area contributed by atoms with Gasteiger partial charge in [-0.15, -0.1) is 0 Å². The van der Waals surface area contributed by atoms with E-state index in [-0.39, 0.29) is 11.6 Å². The zero-order valence-electron chi connectivity index (χ0n) is 9.89. The number of halogens is 4. The van der Waals surface area contributed by atoms with Crippen LogP contribution in [0.25, 0.3) is 0 Å². The Labute approximate surface area is 127 Å². The van der Waals surface area contributed by atoms with E-state index in [4.69, 9.17) is 0 Å². The second-order valence-electron chi connectivity index (χ2n) is 4.05. The fourth-order valence-corrected chi connectivity index (χ4v) is 2.49. The third-order valence-electron chi connectivity index (χ3n) is 2.67. The van der Waals surface area contributed by atoms with E-state index in [1.165, 1.54) is 18.2 Å². The van der Waals surface area contributed by atoms with Crippen molar-refractivity contribution < 1.29 is 8.78 Å². The van der Waals surface area contributed by atoms with Gasteiger partial charge in [-0.1, -0.05) is 28.1 Å². The van der Waals surface area contributed by atoms with Crippen molar-refractivity contribution in [3.8, 4) is 0 Å². The Kier molecular flexibility index (Phi) is 5.07. The summed E-state index contributed by atoms with van der Waals surface area (Å²) in [7, 11) is 0. The summed E-state index contributed by atoms with van der Waals surface area (Å²) in [5, 5.41) is 3.16. The highest BCUT2D eigenvalue weighted by Gasteiger charge is 2.06. The smallest absolute Gasteiger partial charge is 0.137 e. The van der Waals surface area contributed by atoms with Crippen LogP contribution in [-0.4, -0.2) is 0 Å². The molecule has 2 aromatic rings. The van der Waals surface area contributed by atoms with Crippen molar-refractivity contribution >= 4 is 31.9 Å². The van der Waals surface area contributed by atoms with Crippen LogP contribution in [0.15, 0.2) is 45.3 Å². The van der Waals surface area contributed by atoms with Gasteiger partial charge >= 0.3 is 0 Å². The minimum absolute atomic E-state index is 0.271. The predicted octanol–water partition coefficient (Wildman–Crippen LogP) is 4.78. The molecule has 0 aliphatic rings. The molecule has 5 heteroatoms. The normalized spacial score (nSPS) is 10.7. The van der Waals surface area contributed by atoms with Gasteiger partial charge in [-0.25, -0.2) is 8.78 Å². The molecule has 0 fully saturated rings. The molecule has 0 heterocycles. The molecular formula is C14H11Br2F2N. The highest BCUT2D eigenvalue weighted by atomic mass is 79.9. The Balaban J connectivity index is 2.00. The lowest BCUT2D eigenvalue weighted by molar-refractivity contribution is 0.609. The van der Waals surface area contributed by atoms with E-state index >= 15 is 0 Å². The fourth-order valence-electron chi connectivity index (χ4n) is 1.70. The van der Waals surface area contributed by atoms with Gasteiger partial charge in [0.15, 0.2) is 0 Å². The molecule has 1 N–H and O–H groups in total. The molecule has 0 bridgehead atoms. The van der Waals surface area contributed by atoms with Gasteiger partial charge in [-0.05, 0) is 51.3 Å². The van der Waals surface area contributed by atoms with E-state index in [9.17, 15) is 8.78 Å². The van der Waals surface area contributed by atoms with E-state index < -0.39 is 0 Å². The molecular weight excluding hydrogens is 380 g/mol. The van der Waals surface area contributed by atoms with Gasteiger partial charge in [0.2, 0.25) is 0 Å². The van der Waals surface area contributed by atoms with Crippen molar-refractivity contribution in [3.05, 3.63) is 68.1 Å². The maximum atomic E-state index is 13.3. The number of benzene rings is 2. The molecule has 0 saturated carbocycles. The molecule has 2 aromatic carbocycles. The zero-order chi connectivity index (χ0) is 13.8. The van der Waals surface area contributed by atoms with Crippen LogP contribution in [0.3, 0.4) is 0 Å². The third-order valence-corrected chi connectivity index (χ3v) is 4.33. The Morgan fingerprint density at radius 2 is 1.68 bits per heavy atom. The molecule has 0 radical (unpaired) electrons. The zero-order valence-corrected chi connectivity index (χ0v) is 13.1. The van der Waals surface area contributed by atoms with Crippen LogP contribution < -0.4 is 5.32 Å². The summed E-state index contributed by atoms with van der Waals surface area (Å²) in [4.78, 5) is 0. The second kappa shape index (κ2) is 6.59. The van der Waals surface area contributed by atoms with Crippen LogP contribution in [0, 0.1) is 11.6 Å². The Morgan fingerprint density at radius 3 is 2.47 bits per heavy atom. The average Bonchev–Trinajstić information content (AvgIpc) is 2.38. The Morgan fingerprint density at radius 1 is 0.947 bits per heavy atom. The van der Waals surface area contributed by atoms with E-state index in [1.807, 2.05) is 6.07 Å². The lowest BCUT2D eigenvalue weighted by atomic mass is 10.2. The van der Waals surface area contributed by atoms with Gasteiger partial charge in [0, 0.05) is 17.6 Å². The van der Waals surface area contributed by atoms with Crippen LogP contribution in [0.2, 0.25) is 0 Å². The van der Waals surface area contributed by atoms with Gasteiger partial charge in [0.25, 0.3) is 0 Å². The lowest BCUT2D eigenvalue weighted by Gasteiger charge is -2.09. The molecule has 0 aliphatic heterocycles. The van der Waals surface area contributed by atoms with Crippen molar-refractivity contribution in [1.29, 1.82) is 0 Å². The second-order valence-corrected chi connectivity index (χ2v) is 5.70. The standard InChI is InChI=1S/C14H11Br2F2N/c15-12-5-4-11(17)6-10(12)8-19-7-9-2-1-3-13(18)14(9)16/h1-6,19H,7-8H2. The Hall–Kier alpha value is -0.780. The molecule has 0 unspecified atom stereocenters. The van der Waals surface area contributed by atoms with Crippen molar-refractivity contribution in [2.75, 3.05) is 0 Å². The van der Waals surface area contributed by atoms with Gasteiger partial charge in [-0.3, -0.25) is 0 Å². The van der Waals surface area contributed by atoms with E-state index in [2.05, 4.69) is 37.2 Å². The van der Waals surface area contributed by atoms with E-state index in [0.717, 1.165) is 15.6 Å². The highest BCUT2D eigenvalue weighted by Crippen LogP contribution is 2.21. The molecule has 0 aliphatic carbocycles. The summed E-state index contributed by atoms with van der Waals surface area (Å²) >= 11 is 6.58. The maximum absolute atomic E-state index is 13.3. The molecule has 0 saturated heterocycles. The van der Waals surface area contributed by atoms with Crippen LogP contribution >= 0.6 is 31.9 Å². The van der Waals surface area contributed by atoms with Crippen LogP contribution in [0.4, 0.5) is 8.78 Å². The van der Waals surface area contributed by atoms with E-state index in [1.54, 1.807) is 12.1 Å². The molecule has 0 amide bonds. The summed E-state index contributed by atoms with van der Waals surface area (Å²) < 4.78 is 27.7. The summed E-state index contributed by atoms with van der Waals surface area (Å²) in [6, 6.07) is 9.44. The predicted molar refractivity (Wildman–Crippen MR) is 78.7 cm³/mol. The first-order valence-electron chi connectivity index (χ1n) is 5.65. The first-order valence-corrected chi connectivity index (χ1v) is 7.24.